The lowest BCUT2D eigenvalue weighted by atomic mass is 10.1. The summed E-state index contributed by atoms with van der Waals surface area (Å²) in [5.74, 6) is 0.154. The van der Waals surface area contributed by atoms with Gasteiger partial charge in [-0.1, -0.05) is 0 Å². The van der Waals surface area contributed by atoms with E-state index in [-0.39, 0.29) is 11.9 Å². The maximum absolute atomic E-state index is 12.4. The number of rotatable bonds is 3. The summed E-state index contributed by atoms with van der Waals surface area (Å²) in [6.45, 7) is 2.57. The Kier molecular flexibility index (Phi) is 3.09. The summed E-state index contributed by atoms with van der Waals surface area (Å²) >= 11 is 1.58. The van der Waals surface area contributed by atoms with E-state index in [1.54, 1.807) is 11.3 Å². The smallest absolute Gasteiger partial charge is 0.193 e. The zero-order valence-corrected chi connectivity index (χ0v) is 12.0. The molecule has 0 saturated carbocycles. The molecule has 2 aliphatic heterocycles. The van der Waals surface area contributed by atoms with Crippen LogP contribution in [0.3, 0.4) is 0 Å². The van der Waals surface area contributed by atoms with E-state index in [0.717, 1.165) is 23.7 Å². The molecule has 20 heavy (non-hydrogen) atoms. The van der Waals surface area contributed by atoms with E-state index in [0.29, 0.717) is 19.1 Å². The molecule has 0 aliphatic carbocycles. The Balaban J connectivity index is 1.43. The van der Waals surface area contributed by atoms with E-state index in [4.69, 9.17) is 4.74 Å². The second-order valence-corrected chi connectivity index (χ2v) is 6.45. The number of ketones is 1. The molecule has 0 bridgehead atoms. The predicted molar refractivity (Wildman–Crippen MR) is 76.1 cm³/mol. The van der Waals surface area contributed by atoms with E-state index in [1.807, 2.05) is 22.2 Å². The van der Waals surface area contributed by atoms with Crippen LogP contribution in [-0.2, 0) is 16.0 Å². The standard InChI is InChI=1S/C14H17N3O2S/c18-12(6-10-7-17-4-5-20-14(17)15-10)13-8-16-3-1-2-11(16)9-19-13/h4-5,7,11,13H,1-3,6,8-9H2. The first-order valence-electron chi connectivity index (χ1n) is 7.09. The second-order valence-electron chi connectivity index (χ2n) is 5.58. The molecular weight excluding hydrogens is 274 g/mol. The van der Waals surface area contributed by atoms with Crippen LogP contribution < -0.4 is 0 Å². The fourth-order valence-corrected chi connectivity index (χ4v) is 3.88. The number of thiazole rings is 1. The minimum atomic E-state index is -0.274. The monoisotopic (exact) mass is 291 g/mol. The van der Waals surface area contributed by atoms with Crippen LogP contribution in [0.25, 0.3) is 4.96 Å². The number of ether oxygens (including phenoxy) is 1. The maximum Gasteiger partial charge on any atom is 0.193 e. The summed E-state index contributed by atoms with van der Waals surface area (Å²) in [5.41, 5.74) is 0.842. The summed E-state index contributed by atoms with van der Waals surface area (Å²) in [5, 5.41) is 1.99. The summed E-state index contributed by atoms with van der Waals surface area (Å²) in [6, 6.07) is 0.539. The quantitative estimate of drug-likeness (QED) is 0.857. The molecule has 0 amide bonds. The third-order valence-corrected chi connectivity index (χ3v) is 5.02. The van der Waals surface area contributed by atoms with Gasteiger partial charge in [0.2, 0.25) is 0 Å². The van der Waals surface area contributed by atoms with Gasteiger partial charge >= 0.3 is 0 Å². The molecule has 5 nitrogen and oxygen atoms in total. The van der Waals surface area contributed by atoms with E-state index in [2.05, 4.69) is 9.88 Å². The zero-order valence-electron chi connectivity index (χ0n) is 11.2. The fraction of sp³-hybridized carbons (Fsp3) is 0.571. The van der Waals surface area contributed by atoms with Crippen molar-refractivity contribution >= 4 is 22.1 Å². The summed E-state index contributed by atoms with van der Waals surface area (Å²) in [4.78, 5) is 20.2. The van der Waals surface area contributed by atoms with Crippen molar-refractivity contribution in [3.05, 3.63) is 23.5 Å². The Bertz CT molecular complexity index is 607. The molecule has 4 rings (SSSR count). The molecule has 2 saturated heterocycles. The van der Waals surface area contributed by atoms with E-state index in [1.165, 1.54) is 12.8 Å². The molecular formula is C14H17N3O2S. The molecule has 0 spiro atoms. The van der Waals surface area contributed by atoms with Crippen molar-refractivity contribution in [1.29, 1.82) is 0 Å². The third-order valence-electron chi connectivity index (χ3n) is 4.25. The summed E-state index contributed by atoms with van der Waals surface area (Å²) < 4.78 is 7.72. The topological polar surface area (TPSA) is 46.8 Å². The number of morpholine rings is 1. The molecule has 2 aromatic heterocycles. The lowest BCUT2D eigenvalue weighted by Gasteiger charge is -2.34. The lowest BCUT2D eigenvalue weighted by molar-refractivity contribution is -0.137. The van der Waals surface area contributed by atoms with Gasteiger partial charge in [-0.2, -0.15) is 0 Å². The SMILES string of the molecule is O=C(Cc1cn2ccsc2n1)C1CN2CCCC2CO1. The zero-order chi connectivity index (χ0) is 13.5. The van der Waals surface area contributed by atoms with Crippen molar-refractivity contribution < 1.29 is 9.53 Å². The van der Waals surface area contributed by atoms with Crippen molar-refractivity contribution in [2.45, 2.75) is 31.4 Å². The van der Waals surface area contributed by atoms with Crippen molar-refractivity contribution in [2.24, 2.45) is 0 Å². The van der Waals surface area contributed by atoms with Crippen LogP contribution >= 0.6 is 11.3 Å². The molecule has 106 valence electrons. The molecule has 2 unspecified atom stereocenters. The Morgan fingerprint density at radius 1 is 1.55 bits per heavy atom. The van der Waals surface area contributed by atoms with Gasteiger partial charge in [0.15, 0.2) is 10.7 Å². The predicted octanol–water partition coefficient (Wildman–Crippen LogP) is 1.37. The molecule has 0 radical (unpaired) electrons. The van der Waals surface area contributed by atoms with Gasteiger partial charge in [-0.05, 0) is 19.4 Å². The van der Waals surface area contributed by atoms with Gasteiger partial charge in [0.05, 0.1) is 18.7 Å². The van der Waals surface area contributed by atoms with Crippen molar-refractivity contribution in [3.63, 3.8) is 0 Å². The van der Waals surface area contributed by atoms with Crippen LogP contribution in [0.1, 0.15) is 18.5 Å². The van der Waals surface area contributed by atoms with Gasteiger partial charge in [-0.3, -0.25) is 14.1 Å². The number of aromatic nitrogens is 2. The van der Waals surface area contributed by atoms with Crippen LogP contribution in [0.2, 0.25) is 0 Å². The van der Waals surface area contributed by atoms with Gasteiger partial charge < -0.3 is 4.74 Å². The van der Waals surface area contributed by atoms with Crippen LogP contribution in [0.15, 0.2) is 17.8 Å². The van der Waals surface area contributed by atoms with Crippen molar-refractivity contribution in [3.8, 4) is 0 Å². The van der Waals surface area contributed by atoms with Crippen molar-refractivity contribution in [2.75, 3.05) is 19.7 Å². The van der Waals surface area contributed by atoms with Gasteiger partial charge in [0, 0.05) is 30.4 Å². The fourth-order valence-electron chi connectivity index (χ4n) is 3.17. The number of imidazole rings is 1. The Hall–Kier alpha value is -1.24. The Morgan fingerprint density at radius 3 is 3.40 bits per heavy atom. The maximum atomic E-state index is 12.4. The molecule has 0 aromatic carbocycles. The van der Waals surface area contributed by atoms with Gasteiger partial charge in [-0.25, -0.2) is 4.98 Å². The lowest BCUT2D eigenvalue weighted by Crippen LogP contribution is -2.49. The Labute approximate surface area is 121 Å². The number of fused-ring (bicyclic) bond motifs is 2. The van der Waals surface area contributed by atoms with Crippen LogP contribution in [-0.4, -0.2) is 51.9 Å². The molecule has 4 heterocycles. The molecule has 2 aliphatic rings. The van der Waals surface area contributed by atoms with Crippen molar-refractivity contribution in [1.82, 2.24) is 14.3 Å². The molecule has 0 N–H and O–H groups in total. The highest BCUT2D eigenvalue weighted by Crippen LogP contribution is 2.23. The number of hydrogen-bond donors (Lipinski definition) is 0. The number of carbonyl (C=O) groups excluding carboxylic acids is 1. The third kappa shape index (κ3) is 2.17. The van der Waals surface area contributed by atoms with Gasteiger partial charge in [0.25, 0.3) is 0 Å². The molecule has 2 aromatic rings. The minimum absolute atomic E-state index is 0.154. The first-order valence-corrected chi connectivity index (χ1v) is 7.97. The Morgan fingerprint density at radius 2 is 2.50 bits per heavy atom. The number of carbonyl (C=O) groups is 1. The van der Waals surface area contributed by atoms with Gasteiger partial charge in [-0.15, -0.1) is 11.3 Å². The van der Waals surface area contributed by atoms with E-state index < -0.39 is 0 Å². The molecule has 2 atom stereocenters. The molecule has 2 fully saturated rings. The number of Topliss-reactive ketones (excluding diaryl/α,β-unsaturated/α-hetero) is 1. The van der Waals surface area contributed by atoms with E-state index >= 15 is 0 Å². The normalized spacial score (nSPS) is 27.0. The second kappa shape index (κ2) is 4.95. The summed E-state index contributed by atoms with van der Waals surface area (Å²) in [6.07, 6.45) is 6.43. The number of hydrogen-bond acceptors (Lipinski definition) is 5. The average Bonchev–Trinajstić information content (AvgIpc) is 3.11. The first kappa shape index (κ1) is 12.5. The average molecular weight is 291 g/mol. The highest BCUT2D eigenvalue weighted by atomic mass is 32.1. The minimum Gasteiger partial charge on any atom is -0.367 e. The highest BCUT2D eigenvalue weighted by Gasteiger charge is 2.35. The molecule has 6 heteroatoms. The van der Waals surface area contributed by atoms with Crippen LogP contribution in [0.4, 0.5) is 0 Å². The summed E-state index contributed by atoms with van der Waals surface area (Å²) in [7, 11) is 0. The van der Waals surface area contributed by atoms with Gasteiger partial charge in [0.1, 0.15) is 6.10 Å². The number of nitrogens with zero attached hydrogens (tertiary/aromatic N) is 3. The largest absolute Gasteiger partial charge is 0.367 e. The van der Waals surface area contributed by atoms with E-state index in [9.17, 15) is 4.79 Å². The highest BCUT2D eigenvalue weighted by molar-refractivity contribution is 7.15. The van der Waals surface area contributed by atoms with Crippen LogP contribution in [0.5, 0.6) is 0 Å². The van der Waals surface area contributed by atoms with Crippen LogP contribution in [0, 0.1) is 0 Å². The first-order chi connectivity index (χ1) is 9.79.